The van der Waals surface area contributed by atoms with Gasteiger partial charge in [-0.25, -0.2) is 4.39 Å². The van der Waals surface area contributed by atoms with Crippen LogP contribution in [0.25, 0.3) is 0 Å². The van der Waals surface area contributed by atoms with E-state index in [2.05, 4.69) is 6.92 Å². The van der Waals surface area contributed by atoms with E-state index in [1.165, 1.54) is 12.5 Å². The summed E-state index contributed by atoms with van der Waals surface area (Å²) >= 11 is 0. The summed E-state index contributed by atoms with van der Waals surface area (Å²) in [6, 6.07) is 5.14. The van der Waals surface area contributed by atoms with Crippen LogP contribution in [0, 0.1) is 12.7 Å². The van der Waals surface area contributed by atoms with Crippen LogP contribution in [0.2, 0.25) is 0 Å². The second-order valence-corrected chi connectivity index (χ2v) is 5.42. The maximum atomic E-state index is 13.9. The molecule has 0 bridgehead atoms. The first-order valence-electron chi connectivity index (χ1n) is 7.20. The third-order valence-electron chi connectivity index (χ3n) is 3.86. The monoisotopic (exact) mass is 263 g/mol. The van der Waals surface area contributed by atoms with Crippen LogP contribution in [0.3, 0.4) is 0 Å². The summed E-state index contributed by atoms with van der Waals surface area (Å²) < 4.78 is 13.9. The average molecular weight is 263 g/mol. The molecule has 0 aromatic heterocycles. The van der Waals surface area contributed by atoms with Gasteiger partial charge in [0.1, 0.15) is 5.82 Å². The Morgan fingerprint density at radius 2 is 2.21 bits per heavy atom. The van der Waals surface area contributed by atoms with Crippen molar-refractivity contribution in [1.82, 2.24) is 4.90 Å². The molecule has 1 fully saturated rings. The molecule has 1 unspecified atom stereocenters. The minimum absolute atomic E-state index is 0.143. The van der Waals surface area contributed by atoms with Crippen LogP contribution in [-0.4, -0.2) is 23.4 Å². The van der Waals surface area contributed by atoms with Crippen LogP contribution in [0.4, 0.5) is 4.39 Å². The van der Waals surface area contributed by atoms with Crippen molar-refractivity contribution in [2.75, 3.05) is 6.54 Å². The van der Waals surface area contributed by atoms with Crippen molar-refractivity contribution in [2.24, 2.45) is 0 Å². The van der Waals surface area contributed by atoms with Crippen LogP contribution in [0.15, 0.2) is 18.2 Å². The van der Waals surface area contributed by atoms with E-state index in [0.29, 0.717) is 0 Å². The fourth-order valence-electron chi connectivity index (χ4n) is 2.85. The first-order chi connectivity index (χ1) is 9.13. The van der Waals surface area contributed by atoms with E-state index in [1.807, 2.05) is 11.8 Å². The van der Waals surface area contributed by atoms with E-state index in [4.69, 9.17) is 0 Å². The zero-order chi connectivity index (χ0) is 13.8. The number of halogens is 1. The number of benzene rings is 1. The molecule has 1 aliphatic heterocycles. The van der Waals surface area contributed by atoms with Gasteiger partial charge in [0.2, 0.25) is 0 Å². The maximum absolute atomic E-state index is 13.9. The molecule has 2 nitrogen and oxygen atoms in total. The number of amides is 1. The molecule has 0 radical (unpaired) electrons. The van der Waals surface area contributed by atoms with E-state index in [9.17, 15) is 9.18 Å². The van der Waals surface area contributed by atoms with Gasteiger partial charge in [-0.1, -0.05) is 19.4 Å². The van der Waals surface area contributed by atoms with Gasteiger partial charge < -0.3 is 4.90 Å². The van der Waals surface area contributed by atoms with E-state index in [0.717, 1.165) is 37.8 Å². The summed E-state index contributed by atoms with van der Waals surface area (Å²) in [6.07, 6.45) is 5.32. The van der Waals surface area contributed by atoms with E-state index >= 15 is 0 Å². The lowest BCUT2D eigenvalue weighted by Crippen LogP contribution is -2.43. The predicted molar refractivity (Wildman–Crippen MR) is 74.7 cm³/mol. The number of hydrogen-bond donors (Lipinski definition) is 0. The van der Waals surface area contributed by atoms with Gasteiger partial charge >= 0.3 is 0 Å². The number of carbonyl (C=O) groups excluding carboxylic acids is 1. The third-order valence-corrected chi connectivity index (χ3v) is 3.86. The normalized spacial score (nSPS) is 19.5. The Morgan fingerprint density at radius 1 is 1.42 bits per heavy atom. The van der Waals surface area contributed by atoms with Crippen molar-refractivity contribution in [1.29, 1.82) is 0 Å². The molecule has 1 saturated heterocycles. The summed E-state index contributed by atoms with van der Waals surface area (Å²) in [5, 5.41) is 0. The van der Waals surface area contributed by atoms with Gasteiger partial charge in [0, 0.05) is 12.6 Å². The minimum Gasteiger partial charge on any atom is -0.336 e. The lowest BCUT2D eigenvalue weighted by Gasteiger charge is -2.36. The van der Waals surface area contributed by atoms with Crippen molar-refractivity contribution in [2.45, 2.75) is 52.0 Å². The molecule has 0 N–H and O–H groups in total. The molecule has 1 amide bonds. The molecule has 1 aromatic rings. The summed E-state index contributed by atoms with van der Waals surface area (Å²) in [6.45, 7) is 4.72. The standard InChI is InChI=1S/C16H22FNO/c1-3-6-13-7-4-5-10-18(13)16(19)14-9-8-12(2)11-15(14)17/h8-9,11,13H,3-7,10H2,1-2H3. The number of likely N-dealkylation sites (tertiary alicyclic amines) is 1. The second kappa shape index (κ2) is 6.18. The van der Waals surface area contributed by atoms with Crippen molar-refractivity contribution < 1.29 is 9.18 Å². The molecule has 0 aliphatic carbocycles. The SMILES string of the molecule is CCCC1CCCCN1C(=O)c1ccc(C)cc1F. The molecule has 2 rings (SSSR count). The van der Waals surface area contributed by atoms with Gasteiger partial charge in [0.25, 0.3) is 5.91 Å². The second-order valence-electron chi connectivity index (χ2n) is 5.42. The first-order valence-corrected chi connectivity index (χ1v) is 7.20. The predicted octanol–water partition coefficient (Wildman–Crippen LogP) is 3.93. The number of rotatable bonds is 3. The number of carbonyl (C=O) groups is 1. The molecule has 1 aromatic carbocycles. The fourth-order valence-corrected chi connectivity index (χ4v) is 2.85. The zero-order valence-corrected chi connectivity index (χ0v) is 11.8. The Hall–Kier alpha value is -1.38. The number of nitrogens with zero attached hydrogens (tertiary/aromatic N) is 1. The molecular weight excluding hydrogens is 241 g/mol. The van der Waals surface area contributed by atoms with Gasteiger partial charge in [0.05, 0.1) is 5.56 Å². The Kier molecular flexibility index (Phi) is 4.56. The first kappa shape index (κ1) is 14.0. The van der Waals surface area contributed by atoms with Gasteiger partial charge in [-0.05, 0) is 50.3 Å². The van der Waals surface area contributed by atoms with Crippen molar-refractivity contribution in [3.8, 4) is 0 Å². The van der Waals surface area contributed by atoms with Crippen LogP contribution >= 0.6 is 0 Å². The van der Waals surface area contributed by atoms with Crippen molar-refractivity contribution in [3.05, 3.63) is 35.1 Å². The third kappa shape index (κ3) is 3.14. The molecule has 0 saturated carbocycles. The van der Waals surface area contributed by atoms with E-state index in [-0.39, 0.29) is 17.5 Å². The number of aryl methyl sites for hydroxylation is 1. The fraction of sp³-hybridized carbons (Fsp3) is 0.562. The molecule has 1 heterocycles. The summed E-state index contributed by atoms with van der Waals surface area (Å²) in [4.78, 5) is 14.4. The lowest BCUT2D eigenvalue weighted by atomic mass is 9.97. The smallest absolute Gasteiger partial charge is 0.257 e. The van der Waals surface area contributed by atoms with Crippen LogP contribution in [-0.2, 0) is 0 Å². The van der Waals surface area contributed by atoms with Crippen LogP contribution in [0.1, 0.15) is 54.9 Å². The average Bonchev–Trinajstić information content (AvgIpc) is 2.39. The largest absolute Gasteiger partial charge is 0.336 e. The zero-order valence-electron chi connectivity index (χ0n) is 11.8. The maximum Gasteiger partial charge on any atom is 0.257 e. The topological polar surface area (TPSA) is 20.3 Å². The summed E-state index contributed by atoms with van der Waals surface area (Å²) in [5.74, 6) is -0.540. The Labute approximate surface area is 114 Å². The minimum atomic E-state index is -0.397. The highest BCUT2D eigenvalue weighted by atomic mass is 19.1. The Balaban J connectivity index is 2.21. The van der Waals surface area contributed by atoms with Crippen molar-refractivity contribution in [3.63, 3.8) is 0 Å². The Bertz CT molecular complexity index is 456. The molecule has 1 aliphatic rings. The molecule has 3 heteroatoms. The van der Waals surface area contributed by atoms with Gasteiger partial charge in [-0.3, -0.25) is 4.79 Å². The molecule has 19 heavy (non-hydrogen) atoms. The highest BCUT2D eigenvalue weighted by Gasteiger charge is 2.28. The molecule has 1 atom stereocenters. The Morgan fingerprint density at radius 3 is 2.89 bits per heavy atom. The lowest BCUT2D eigenvalue weighted by molar-refractivity contribution is 0.0596. The van der Waals surface area contributed by atoms with Gasteiger partial charge in [-0.2, -0.15) is 0 Å². The molecular formula is C16H22FNO. The van der Waals surface area contributed by atoms with Gasteiger partial charge in [-0.15, -0.1) is 0 Å². The summed E-state index contributed by atoms with van der Waals surface area (Å²) in [7, 11) is 0. The number of hydrogen-bond acceptors (Lipinski definition) is 1. The van der Waals surface area contributed by atoms with Crippen LogP contribution in [0.5, 0.6) is 0 Å². The van der Waals surface area contributed by atoms with Gasteiger partial charge in [0.15, 0.2) is 0 Å². The highest BCUT2D eigenvalue weighted by Crippen LogP contribution is 2.24. The van der Waals surface area contributed by atoms with Crippen molar-refractivity contribution >= 4 is 5.91 Å². The number of piperidine rings is 1. The van der Waals surface area contributed by atoms with Crippen LogP contribution < -0.4 is 0 Å². The molecule has 0 spiro atoms. The molecule has 104 valence electrons. The summed E-state index contributed by atoms with van der Waals surface area (Å²) in [5.41, 5.74) is 1.06. The highest BCUT2D eigenvalue weighted by molar-refractivity contribution is 5.94. The van der Waals surface area contributed by atoms with E-state index in [1.54, 1.807) is 12.1 Å². The van der Waals surface area contributed by atoms with E-state index < -0.39 is 5.82 Å². The quantitative estimate of drug-likeness (QED) is 0.809.